The van der Waals surface area contributed by atoms with Crippen LogP contribution in [0.1, 0.15) is 6.42 Å². The Balaban J connectivity index is 1.81. The van der Waals surface area contributed by atoms with Crippen LogP contribution in [0, 0.1) is 0 Å². The first kappa shape index (κ1) is 16.1. The standard InChI is InChI=1S/C16H25NO4/c1-18-12-13-9-16(20-3)11-17(13)7-8-21-15-6-4-5-14(10-15)19-2/h4-6,10,13,16H,7-9,11-12H2,1-3H3/t13-,16-/m0/s1. The number of rotatable bonds is 8. The lowest BCUT2D eigenvalue weighted by Gasteiger charge is -2.23. The van der Waals surface area contributed by atoms with Crippen LogP contribution in [0.25, 0.3) is 0 Å². The minimum atomic E-state index is 0.293. The van der Waals surface area contributed by atoms with E-state index in [1.807, 2.05) is 24.3 Å². The molecule has 0 aliphatic carbocycles. The molecule has 1 fully saturated rings. The topological polar surface area (TPSA) is 40.2 Å². The highest BCUT2D eigenvalue weighted by molar-refractivity contribution is 5.32. The molecule has 1 aliphatic heterocycles. The molecule has 0 N–H and O–H groups in total. The quantitative estimate of drug-likeness (QED) is 0.731. The van der Waals surface area contributed by atoms with E-state index in [9.17, 15) is 0 Å². The van der Waals surface area contributed by atoms with Crippen molar-refractivity contribution >= 4 is 0 Å². The number of hydrogen-bond acceptors (Lipinski definition) is 5. The maximum atomic E-state index is 5.80. The summed E-state index contributed by atoms with van der Waals surface area (Å²) >= 11 is 0. The Morgan fingerprint density at radius 2 is 2.00 bits per heavy atom. The molecule has 1 saturated heterocycles. The SMILES string of the molecule is COC[C@@H]1C[C@H](OC)CN1CCOc1cccc(OC)c1. The van der Waals surface area contributed by atoms with E-state index in [1.165, 1.54) is 0 Å². The van der Waals surface area contributed by atoms with Crippen LogP contribution < -0.4 is 9.47 Å². The van der Waals surface area contributed by atoms with Gasteiger partial charge in [0.1, 0.15) is 18.1 Å². The summed E-state index contributed by atoms with van der Waals surface area (Å²) in [5, 5.41) is 0. The highest BCUT2D eigenvalue weighted by Gasteiger charge is 2.31. The Morgan fingerprint density at radius 3 is 2.71 bits per heavy atom. The number of ether oxygens (including phenoxy) is 4. The molecule has 2 rings (SSSR count). The third kappa shape index (κ3) is 4.59. The van der Waals surface area contributed by atoms with Gasteiger partial charge < -0.3 is 18.9 Å². The molecule has 1 aromatic carbocycles. The zero-order valence-corrected chi connectivity index (χ0v) is 13.1. The van der Waals surface area contributed by atoms with Gasteiger partial charge in [0, 0.05) is 39.4 Å². The first-order valence-corrected chi connectivity index (χ1v) is 7.29. The second-order valence-corrected chi connectivity index (χ2v) is 5.22. The Kier molecular flexibility index (Phi) is 6.29. The Morgan fingerprint density at radius 1 is 1.19 bits per heavy atom. The minimum absolute atomic E-state index is 0.293. The fourth-order valence-electron chi connectivity index (χ4n) is 2.72. The Labute approximate surface area is 126 Å². The molecular formula is C16H25NO4. The van der Waals surface area contributed by atoms with Crippen molar-refractivity contribution in [3.63, 3.8) is 0 Å². The molecule has 0 amide bonds. The molecule has 2 atom stereocenters. The van der Waals surface area contributed by atoms with Gasteiger partial charge in [0.25, 0.3) is 0 Å². The van der Waals surface area contributed by atoms with Gasteiger partial charge in [-0.3, -0.25) is 4.90 Å². The van der Waals surface area contributed by atoms with E-state index in [0.717, 1.165) is 37.6 Å². The van der Waals surface area contributed by atoms with E-state index in [2.05, 4.69) is 4.90 Å². The van der Waals surface area contributed by atoms with Crippen LogP contribution in [-0.2, 0) is 9.47 Å². The second-order valence-electron chi connectivity index (χ2n) is 5.22. The molecule has 5 nitrogen and oxygen atoms in total. The van der Waals surface area contributed by atoms with Crippen LogP contribution in [0.2, 0.25) is 0 Å². The highest BCUT2D eigenvalue weighted by Crippen LogP contribution is 2.21. The number of methoxy groups -OCH3 is 3. The van der Waals surface area contributed by atoms with Crippen LogP contribution in [0.3, 0.4) is 0 Å². The molecule has 1 aliphatic rings. The third-order valence-corrected chi connectivity index (χ3v) is 3.87. The molecule has 5 heteroatoms. The van der Waals surface area contributed by atoms with Gasteiger partial charge in [-0.05, 0) is 18.6 Å². The first-order chi connectivity index (χ1) is 10.3. The summed E-state index contributed by atoms with van der Waals surface area (Å²) in [6, 6.07) is 8.09. The fourth-order valence-corrected chi connectivity index (χ4v) is 2.72. The van der Waals surface area contributed by atoms with E-state index in [1.54, 1.807) is 21.3 Å². The van der Waals surface area contributed by atoms with Crippen molar-refractivity contribution in [2.24, 2.45) is 0 Å². The molecule has 0 unspecified atom stereocenters. The maximum Gasteiger partial charge on any atom is 0.123 e. The summed E-state index contributed by atoms with van der Waals surface area (Å²) in [7, 11) is 5.17. The molecule has 0 radical (unpaired) electrons. The molecule has 0 bridgehead atoms. The summed E-state index contributed by atoms with van der Waals surface area (Å²) in [6.07, 6.45) is 1.31. The van der Waals surface area contributed by atoms with Crippen LogP contribution in [0.15, 0.2) is 24.3 Å². The monoisotopic (exact) mass is 295 g/mol. The van der Waals surface area contributed by atoms with Crippen LogP contribution in [-0.4, -0.2) is 64.7 Å². The predicted molar refractivity (Wildman–Crippen MR) is 81.1 cm³/mol. The van der Waals surface area contributed by atoms with Crippen molar-refractivity contribution in [3.05, 3.63) is 24.3 Å². The average molecular weight is 295 g/mol. The van der Waals surface area contributed by atoms with Crippen LogP contribution >= 0.6 is 0 Å². The van der Waals surface area contributed by atoms with Crippen molar-refractivity contribution in [1.82, 2.24) is 4.90 Å². The first-order valence-electron chi connectivity index (χ1n) is 7.29. The van der Waals surface area contributed by atoms with E-state index in [0.29, 0.717) is 18.8 Å². The molecule has 21 heavy (non-hydrogen) atoms. The van der Waals surface area contributed by atoms with Gasteiger partial charge in [-0.2, -0.15) is 0 Å². The molecule has 0 aromatic heterocycles. The summed E-state index contributed by atoms with van der Waals surface area (Å²) < 4.78 is 21.7. The van der Waals surface area contributed by atoms with Gasteiger partial charge in [-0.25, -0.2) is 0 Å². The zero-order valence-electron chi connectivity index (χ0n) is 13.1. The molecule has 0 saturated carbocycles. The fraction of sp³-hybridized carbons (Fsp3) is 0.625. The van der Waals surface area contributed by atoms with Crippen molar-refractivity contribution < 1.29 is 18.9 Å². The van der Waals surface area contributed by atoms with Gasteiger partial charge in [0.2, 0.25) is 0 Å². The van der Waals surface area contributed by atoms with Crippen molar-refractivity contribution in [3.8, 4) is 11.5 Å². The molecule has 1 heterocycles. The molecule has 1 aromatic rings. The normalized spacial score (nSPS) is 22.4. The minimum Gasteiger partial charge on any atom is -0.497 e. The van der Waals surface area contributed by atoms with E-state index in [4.69, 9.17) is 18.9 Å². The van der Waals surface area contributed by atoms with Crippen molar-refractivity contribution in [2.75, 3.05) is 47.6 Å². The lowest BCUT2D eigenvalue weighted by molar-refractivity contribution is 0.101. The summed E-state index contributed by atoms with van der Waals surface area (Å²) in [4.78, 5) is 2.37. The Bertz CT molecular complexity index is 426. The van der Waals surface area contributed by atoms with Gasteiger partial charge in [-0.15, -0.1) is 0 Å². The molecule has 0 spiro atoms. The molecular weight excluding hydrogens is 270 g/mol. The van der Waals surface area contributed by atoms with Gasteiger partial charge in [-0.1, -0.05) is 6.07 Å². The summed E-state index contributed by atoms with van der Waals surface area (Å²) in [5.41, 5.74) is 0. The van der Waals surface area contributed by atoms with Crippen LogP contribution in [0.5, 0.6) is 11.5 Å². The predicted octanol–water partition coefficient (Wildman–Crippen LogP) is 1.81. The largest absolute Gasteiger partial charge is 0.497 e. The number of hydrogen-bond donors (Lipinski definition) is 0. The van der Waals surface area contributed by atoms with E-state index >= 15 is 0 Å². The maximum absolute atomic E-state index is 5.80. The molecule has 118 valence electrons. The second kappa shape index (κ2) is 8.22. The van der Waals surface area contributed by atoms with Gasteiger partial charge >= 0.3 is 0 Å². The van der Waals surface area contributed by atoms with Gasteiger partial charge in [0.15, 0.2) is 0 Å². The summed E-state index contributed by atoms with van der Waals surface area (Å²) in [6.45, 7) is 3.18. The average Bonchev–Trinajstić information content (AvgIpc) is 2.90. The van der Waals surface area contributed by atoms with Gasteiger partial charge in [0.05, 0.1) is 19.8 Å². The Hall–Kier alpha value is -1.30. The van der Waals surface area contributed by atoms with Crippen LogP contribution in [0.4, 0.5) is 0 Å². The van der Waals surface area contributed by atoms with E-state index < -0.39 is 0 Å². The van der Waals surface area contributed by atoms with Crippen molar-refractivity contribution in [1.29, 1.82) is 0 Å². The number of benzene rings is 1. The number of likely N-dealkylation sites (tertiary alicyclic amines) is 1. The zero-order chi connectivity index (χ0) is 15.1. The lowest BCUT2D eigenvalue weighted by atomic mass is 10.2. The van der Waals surface area contributed by atoms with E-state index in [-0.39, 0.29) is 0 Å². The smallest absolute Gasteiger partial charge is 0.123 e. The third-order valence-electron chi connectivity index (χ3n) is 3.87. The number of nitrogens with zero attached hydrogens (tertiary/aromatic N) is 1. The highest BCUT2D eigenvalue weighted by atomic mass is 16.5. The lowest BCUT2D eigenvalue weighted by Crippen LogP contribution is -2.36. The summed E-state index contributed by atoms with van der Waals surface area (Å²) in [5.74, 6) is 1.64. The van der Waals surface area contributed by atoms with Crippen molar-refractivity contribution in [2.45, 2.75) is 18.6 Å².